The highest BCUT2D eigenvalue weighted by molar-refractivity contribution is 8.04. The number of hydrogen-bond donors (Lipinski definition) is 0. The van der Waals surface area contributed by atoms with Crippen molar-refractivity contribution in [1.29, 1.82) is 0 Å². The van der Waals surface area contributed by atoms with E-state index in [1.807, 2.05) is 11.5 Å². The second kappa shape index (κ2) is 2.92. The summed E-state index contributed by atoms with van der Waals surface area (Å²) in [5, 5.41) is 1.91. The van der Waals surface area contributed by atoms with E-state index in [2.05, 4.69) is 0 Å². The monoisotopic (exact) mass is 143 g/mol. The van der Waals surface area contributed by atoms with Gasteiger partial charge < -0.3 is 4.74 Å². The van der Waals surface area contributed by atoms with Crippen molar-refractivity contribution in [3.05, 3.63) is 16.9 Å². The highest BCUT2D eigenvalue weighted by atomic mass is 32.2. The Morgan fingerprint density at radius 1 is 1.89 bits per heavy atom. The van der Waals surface area contributed by atoms with Gasteiger partial charge in [-0.1, -0.05) is 17.8 Å². The molecular weight excluding hydrogens is 136 g/mol. The van der Waals surface area contributed by atoms with Gasteiger partial charge in [0.1, 0.15) is 0 Å². The molecule has 1 aliphatic heterocycles. The molecule has 49 valence electrons. The topological polar surface area (TPSA) is 26.3 Å². The van der Waals surface area contributed by atoms with Crippen LogP contribution in [0.3, 0.4) is 0 Å². The zero-order chi connectivity index (χ0) is 6.69. The fraction of sp³-hybridized carbons (Fsp3) is 0.333. The van der Waals surface area contributed by atoms with Crippen LogP contribution in [0.25, 0.3) is 0 Å². The molecule has 0 aromatic heterocycles. The molecule has 0 saturated carbocycles. The first kappa shape index (κ1) is 6.68. The number of thioether (sulfide) groups is 1. The highest BCUT2D eigenvalue weighted by Gasteiger charge is 2.14. The largest absolute Gasteiger partial charge is 0.442 e. The summed E-state index contributed by atoms with van der Waals surface area (Å²) >= 11 is 1.46. The van der Waals surface area contributed by atoms with E-state index in [0.29, 0.717) is 0 Å². The smallest absolute Gasteiger partial charge is 0.304 e. The van der Waals surface area contributed by atoms with Crippen LogP contribution in [-0.2, 0) is 9.53 Å². The van der Waals surface area contributed by atoms with Crippen LogP contribution in [0.2, 0.25) is 0 Å². The predicted octanol–water partition coefficient (Wildman–Crippen LogP) is 1.69. The summed E-state index contributed by atoms with van der Waals surface area (Å²) in [4.78, 5) is 10.3. The van der Waals surface area contributed by atoms with Gasteiger partial charge in [-0.05, 0) is 5.41 Å². The fourth-order valence-electron chi connectivity index (χ4n) is 0.542. The molecule has 1 aliphatic rings. The Balaban J connectivity index is 2.22. The summed E-state index contributed by atoms with van der Waals surface area (Å²) in [5.41, 5.74) is 0.780. The Hall–Kier alpha value is -0.440. The molecule has 0 aromatic rings. The van der Waals surface area contributed by atoms with Crippen LogP contribution in [-0.4, -0.2) is 5.97 Å². The SMILES string of the molecule is CC(=O)O[C]1CC=CS1. The van der Waals surface area contributed by atoms with E-state index in [9.17, 15) is 4.79 Å². The molecule has 1 radical (unpaired) electrons. The maximum atomic E-state index is 10.3. The third-order valence-corrected chi connectivity index (χ3v) is 1.68. The molecule has 0 spiro atoms. The number of ether oxygens (including phenoxy) is 1. The third kappa shape index (κ3) is 2.10. The first-order valence-corrected chi connectivity index (χ1v) is 3.53. The van der Waals surface area contributed by atoms with Crippen LogP contribution in [0.15, 0.2) is 11.5 Å². The van der Waals surface area contributed by atoms with Crippen molar-refractivity contribution in [2.75, 3.05) is 0 Å². The summed E-state index contributed by atoms with van der Waals surface area (Å²) in [6.45, 7) is 1.41. The van der Waals surface area contributed by atoms with Crippen molar-refractivity contribution in [2.24, 2.45) is 0 Å². The van der Waals surface area contributed by atoms with Gasteiger partial charge in [0.25, 0.3) is 0 Å². The lowest BCUT2D eigenvalue weighted by atomic mass is 10.4. The van der Waals surface area contributed by atoms with E-state index in [4.69, 9.17) is 4.74 Å². The van der Waals surface area contributed by atoms with Crippen molar-refractivity contribution < 1.29 is 9.53 Å². The van der Waals surface area contributed by atoms with Gasteiger partial charge in [0.2, 0.25) is 5.44 Å². The standard InChI is InChI=1S/C6H7O2S/c1-5(7)8-6-3-2-4-9-6/h2,4H,3H2,1H3. The Morgan fingerprint density at radius 3 is 3.11 bits per heavy atom. The van der Waals surface area contributed by atoms with Crippen LogP contribution in [0, 0.1) is 5.44 Å². The van der Waals surface area contributed by atoms with Gasteiger partial charge in [-0.2, -0.15) is 0 Å². The van der Waals surface area contributed by atoms with Crippen molar-refractivity contribution >= 4 is 17.7 Å². The Morgan fingerprint density at radius 2 is 2.67 bits per heavy atom. The molecular formula is C6H7O2S. The lowest BCUT2D eigenvalue weighted by Crippen LogP contribution is -2.00. The normalized spacial score (nSPS) is 18.3. The Labute approximate surface area is 58.3 Å². The molecule has 2 nitrogen and oxygen atoms in total. The van der Waals surface area contributed by atoms with E-state index < -0.39 is 0 Å². The predicted molar refractivity (Wildman–Crippen MR) is 36.4 cm³/mol. The zero-order valence-corrected chi connectivity index (χ0v) is 5.90. The highest BCUT2D eigenvalue weighted by Crippen LogP contribution is 2.31. The van der Waals surface area contributed by atoms with Gasteiger partial charge in [-0.15, -0.1) is 0 Å². The van der Waals surface area contributed by atoms with Gasteiger partial charge in [0.15, 0.2) is 0 Å². The summed E-state index contributed by atoms with van der Waals surface area (Å²) < 4.78 is 4.79. The van der Waals surface area contributed by atoms with Crippen LogP contribution < -0.4 is 0 Å². The molecule has 0 saturated heterocycles. The van der Waals surface area contributed by atoms with Gasteiger partial charge >= 0.3 is 5.97 Å². The third-order valence-electron chi connectivity index (χ3n) is 0.838. The Bertz CT molecular complexity index is 134. The minimum Gasteiger partial charge on any atom is -0.442 e. The van der Waals surface area contributed by atoms with Gasteiger partial charge in [0.05, 0.1) is 0 Å². The number of carbonyl (C=O) groups is 1. The van der Waals surface area contributed by atoms with E-state index in [0.717, 1.165) is 11.9 Å². The second-order valence-corrected chi connectivity index (χ2v) is 2.62. The molecule has 0 aromatic carbocycles. The average molecular weight is 143 g/mol. The zero-order valence-electron chi connectivity index (χ0n) is 5.09. The molecule has 0 atom stereocenters. The quantitative estimate of drug-likeness (QED) is 0.522. The van der Waals surface area contributed by atoms with Crippen LogP contribution in [0.5, 0.6) is 0 Å². The van der Waals surface area contributed by atoms with Crippen LogP contribution in [0.1, 0.15) is 13.3 Å². The lowest BCUT2D eigenvalue weighted by Gasteiger charge is -2.04. The van der Waals surface area contributed by atoms with Crippen LogP contribution >= 0.6 is 11.8 Å². The summed E-state index contributed by atoms with van der Waals surface area (Å²) in [5.74, 6) is -0.235. The minimum absolute atomic E-state index is 0.235. The fourth-order valence-corrected chi connectivity index (χ4v) is 1.24. The first-order valence-electron chi connectivity index (χ1n) is 2.65. The molecule has 0 aliphatic carbocycles. The molecule has 1 rings (SSSR count). The van der Waals surface area contributed by atoms with Gasteiger partial charge in [-0.3, -0.25) is 4.79 Å². The minimum atomic E-state index is -0.235. The molecule has 3 heteroatoms. The van der Waals surface area contributed by atoms with Gasteiger partial charge in [0, 0.05) is 13.3 Å². The summed E-state index contributed by atoms with van der Waals surface area (Å²) in [7, 11) is 0. The average Bonchev–Trinajstić information content (AvgIpc) is 2.15. The number of carbonyl (C=O) groups excluding carboxylic acids is 1. The Kier molecular flexibility index (Phi) is 2.16. The molecule has 9 heavy (non-hydrogen) atoms. The molecule has 0 fully saturated rings. The van der Waals surface area contributed by atoms with Crippen molar-refractivity contribution in [1.82, 2.24) is 0 Å². The molecule has 1 heterocycles. The molecule has 0 N–H and O–H groups in total. The van der Waals surface area contributed by atoms with Crippen molar-refractivity contribution in [3.63, 3.8) is 0 Å². The van der Waals surface area contributed by atoms with E-state index >= 15 is 0 Å². The first-order chi connectivity index (χ1) is 4.29. The van der Waals surface area contributed by atoms with Crippen molar-refractivity contribution in [3.8, 4) is 0 Å². The van der Waals surface area contributed by atoms with Crippen LogP contribution in [0.4, 0.5) is 0 Å². The van der Waals surface area contributed by atoms with E-state index in [1.54, 1.807) is 0 Å². The second-order valence-electron chi connectivity index (χ2n) is 1.66. The number of rotatable bonds is 1. The van der Waals surface area contributed by atoms with Gasteiger partial charge in [-0.25, -0.2) is 0 Å². The van der Waals surface area contributed by atoms with Crippen molar-refractivity contribution in [2.45, 2.75) is 13.3 Å². The number of hydrogen-bond acceptors (Lipinski definition) is 3. The van der Waals surface area contributed by atoms with E-state index in [1.165, 1.54) is 18.7 Å². The molecule has 0 unspecified atom stereocenters. The maximum absolute atomic E-state index is 10.3. The lowest BCUT2D eigenvalue weighted by molar-refractivity contribution is -0.138. The number of esters is 1. The maximum Gasteiger partial charge on any atom is 0.304 e. The summed E-state index contributed by atoms with van der Waals surface area (Å²) in [6, 6.07) is 0. The molecule has 0 amide bonds. The molecule has 0 bridgehead atoms. The van der Waals surface area contributed by atoms with E-state index in [-0.39, 0.29) is 5.97 Å². The summed E-state index contributed by atoms with van der Waals surface area (Å²) in [6.07, 6.45) is 2.73.